The first kappa shape index (κ1) is 11.7. The minimum atomic E-state index is 0.532. The Kier molecular flexibility index (Phi) is 3.31. The first-order valence-corrected chi connectivity index (χ1v) is 7.30. The van der Waals surface area contributed by atoms with Crippen LogP contribution in [0.15, 0.2) is 10.6 Å². The number of rotatable bonds is 6. The molecule has 1 aliphatic rings. The number of tetrazole rings is 1. The molecular weight excluding hydrogens is 250 g/mol. The third kappa shape index (κ3) is 2.55. The monoisotopic (exact) mass is 265 g/mol. The van der Waals surface area contributed by atoms with E-state index in [1.54, 1.807) is 18.0 Å². The highest BCUT2D eigenvalue weighted by molar-refractivity contribution is 7.97. The van der Waals surface area contributed by atoms with Crippen LogP contribution < -0.4 is 0 Å². The molecular formula is C11H15N5OS. The van der Waals surface area contributed by atoms with E-state index in [2.05, 4.69) is 27.4 Å². The number of aromatic nitrogens is 5. The Bertz CT molecular complexity index is 519. The van der Waals surface area contributed by atoms with Crippen LogP contribution in [0.4, 0.5) is 0 Å². The van der Waals surface area contributed by atoms with E-state index in [0.29, 0.717) is 6.04 Å². The van der Waals surface area contributed by atoms with Gasteiger partial charge < -0.3 is 4.42 Å². The van der Waals surface area contributed by atoms with Crippen LogP contribution in [0.5, 0.6) is 0 Å². The van der Waals surface area contributed by atoms with Crippen molar-refractivity contribution in [1.82, 2.24) is 25.2 Å². The molecule has 0 unspecified atom stereocenters. The van der Waals surface area contributed by atoms with Crippen LogP contribution in [-0.4, -0.2) is 25.2 Å². The topological polar surface area (TPSA) is 69.6 Å². The lowest BCUT2D eigenvalue weighted by molar-refractivity contribution is 0.476. The first-order valence-electron chi connectivity index (χ1n) is 6.15. The van der Waals surface area contributed by atoms with E-state index in [1.165, 1.54) is 12.8 Å². The summed E-state index contributed by atoms with van der Waals surface area (Å²) in [5, 5.41) is 11.8. The summed E-state index contributed by atoms with van der Waals surface area (Å²) >= 11 is 1.73. The van der Waals surface area contributed by atoms with Gasteiger partial charge in [0, 0.05) is 6.42 Å². The van der Waals surface area contributed by atoms with Gasteiger partial charge in [-0.2, -0.15) is 0 Å². The largest absolute Gasteiger partial charge is 0.445 e. The first-order chi connectivity index (χ1) is 8.86. The molecule has 1 saturated carbocycles. The molecule has 1 aliphatic carbocycles. The standard InChI is InChI=1S/C11H15N5OS/c1-2-9-5-12-11(17-9)7-18-6-10-13-14-15-16(10)8-3-4-8/h5,8H,2-4,6-7H2,1H3. The fourth-order valence-electron chi connectivity index (χ4n) is 1.72. The minimum Gasteiger partial charge on any atom is -0.445 e. The molecule has 3 rings (SSSR count). The Labute approximate surface area is 109 Å². The molecule has 0 N–H and O–H groups in total. The lowest BCUT2D eigenvalue weighted by atomic mass is 10.4. The zero-order valence-electron chi connectivity index (χ0n) is 10.2. The maximum Gasteiger partial charge on any atom is 0.204 e. The second kappa shape index (κ2) is 5.09. The van der Waals surface area contributed by atoms with Crippen molar-refractivity contribution in [2.45, 2.75) is 43.7 Å². The molecule has 6 nitrogen and oxygen atoms in total. The molecule has 96 valence electrons. The van der Waals surface area contributed by atoms with Gasteiger partial charge in [-0.1, -0.05) is 6.92 Å². The Balaban J connectivity index is 1.53. The highest BCUT2D eigenvalue weighted by atomic mass is 32.2. The van der Waals surface area contributed by atoms with E-state index in [0.717, 1.165) is 35.4 Å². The molecule has 2 aromatic rings. The molecule has 2 heterocycles. The Morgan fingerprint density at radius 1 is 1.44 bits per heavy atom. The molecule has 0 aromatic carbocycles. The second-order valence-corrected chi connectivity index (χ2v) is 5.32. The fourth-order valence-corrected chi connectivity index (χ4v) is 2.50. The third-order valence-corrected chi connectivity index (χ3v) is 3.77. The zero-order chi connectivity index (χ0) is 12.4. The number of oxazole rings is 1. The number of aryl methyl sites for hydroxylation is 1. The van der Waals surface area contributed by atoms with E-state index in [-0.39, 0.29) is 0 Å². The Morgan fingerprint density at radius 3 is 3.06 bits per heavy atom. The predicted molar refractivity (Wildman–Crippen MR) is 67.0 cm³/mol. The van der Waals surface area contributed by atoms with Crippen LogP contribution in [0.25, 0.3) is 0 Å². The summed E-state index contributed by atoms with van der Waals surface area (Å²) in [6.07, 6.45) is 5.08. The average Bonchev–Trinajstić information content (AvgIpc) is 2.95. The predicted octanol–water partition coefficient (Wildman–Crippen LogP) is 1.99. The van der Waals surface area contributed by atoms with E-state index in [4.69, 9.17) is 4.42 Å². The lowest BCUT2D eigenvalue weighted by Gasteiger charge is -2.00. The van der Waals surface area contributed by atoms with Crippen LogP contribution >= 0.6 is 11.8 Å². The van der Waals surface area contributed by atoms with Crippen LogP contribution in [-0.2, 0) is 17.9 Å². The highest BCUT2D eigenvalue weighted by Crippen LogP contribution is 2.35. The van der Waals surface area contributed by atoms with Gasteiger partial charge in [-0.05, 0) is 23.3 Å². The van der Waals surface area contributed by atoms with Gasteiger partial charge in [-0.3, -0.25) is 0 Å². The summed E-state index contributed by atoms with van der Waals surface area (Å²) in [7, 11) is 0. The van der Waals surface area contributed by atoms with Crippen molar-refractivity contribution in [1.29, 1.82) is 0 Å². The molecule has 0 atom stereocenters. The Morgan fingerprint density at radius 2 is 2.33 bits per heavy atom. The minimum absolute atomic E-state index is 0.532. The van der Waals surface area contributed by atoms with Gasteiger partial charge >= 0.3 is 0 Å². The van der Waals surface area contributed by atoms with E-state index in [1.807, 2.05) is 4.68 Å². The van der Waals surface area contributed by atoms with Gasteiger partial charge in [0.15, 0.2) is 5.82 Å². The Hall–Kier alpha value is -1.37. The maximum absolute atomic E-state index is 5.55. The smallest absolute Gasteiger partial charge is 0.204 e. The lowest BCUT2D eigenvalue weighted by Crippen LogP contribution is -2.02. The van der Waals surface area contributed by atoms with Crippen molar-refractivity contribution in [2.75, 3.05) is 0 Å². The molecule has 2 aromatic heterocycles. The molecule has 0 aliphatic heterocycles. The molecule has 1 fully saturated rings. The quantitative estimate of drug-likeness (QED) is 0.795. The van der Waals surface area contributed by atoms with E-state index >= 15 is 0 Å². The number of nitrogens with zero attached hydrogens (tertiary/aromatic N) is 5. The SMILES string of the molecule is CCc1cnc(CSCc2nnnn2C2CC2)o1. The van der Waals surface area contributed by atoms with Crippen LogP contribution in [0.1, 0.15) is 43.3 Å². The van der Waals surface area contributed by atoms with Gasteiger partial charge in [-0.15, -0.1) is 16.9 Å². The maximum atomic E-state index is 5.55. The van der Waals surface area contributed by atoms with Gasteiger partial charge in [0.25, 0.3) is 0 Å². The van der Waals surface area contributed by atoms with Crippen LogP contribution in [0.3, 0.4) is 0 Å². The molecule has 0 saturated heterocycles. The van der Waals surface area contributed by atoms with E-state index < -0.39 is 0 Å². The summed E-state index contributed by atoms with van der Waals surface area (Å²) < 4.78 is 7.50. The zero-order valence-corrected chi connectivity index (χ0v) is 11.1. The van der Waals surface area contributed by atoms with Crippen LogP contribution in [0, 0.1) is 0 Å². The number of hydrogen-bond acceptors (Lipinski definition) is 6. The summed E-state index contributed by atoms with van der Waals surface area (Å²) in [5.41, 5.74) is 0. The molecule has 18 heavy (non-hydrogen) atoms. The second-order valence-electron chi connectivity index (χ2n) is 4.34. The third-order valence-electron chi connectivity index (χ3n) is 2.86. The van der Waals surface area contributed by atoms with Crippen molar-refractivity contribution in [3.05, 3.63) is 23.7 Å². The molecule has 7 heteroatoms. The molecule has 0 radical (unpaired) electrons. The van der Waals surface area contributed by atoms with Gasteiger partial charge in [0.1, 0.15) is 5.76 Å². The normalized spacial score (nSPS) is 15.2. The van der Waals surface area contributed by atoms with Crippen molar-refractivity contribution in [3.63, 3.8) is 0 Å². The molecule has 0 bridgehead atoms. The highest BCUT2D eigenvalue weighted by Gasteiger charge is 2.27. The molecule has 0 spiro atoms. The summed E-state index contributed by atoms with van der Waals surface area (Å²) in [6, 6.07) is 0.532. The van der Waals surface area contributed by atoms with Crippen molar-refractivity contribution >= 4 is 11.8 Å². The number of thioether (sulfide) groups is 1. The van der Waals surface area contributed by atoms with Gasteiger partial charge in [-0.25, -0.2) is 9.67 Å². The molecule has 0 amide bonds. The van der Waals surface area contributed by atoms with Crippen molar-refractivity contribution < 1.29 is 4.42 Å². The van der Waals surface area contributed by atoms with Crippen molar-refractivity contribution in [2.24, 2.45) is 0 Å². The average molecular weight is 265 g/mol. The number of hydrogen-bond donors (Lipinski definition) is 0. The van der Waals surface area contributed by atoms with Gasteiger partial charge in [0.2, 0.25) is 5.89 Å². The summed E-state index contributed by atoms with van der Waals surface area (Å²) in [6.45, 7) is 2.06. The fraction of sp³-hybridized carbons (Fsp3) is 0.636. The summed E-state index contributed by atoms with van der Waals surface area (Å²) in [5.74, 6) is 4.23. The van der Waals surface area contributed by atoms with Gasteiger partial charge in [0.05, 0.1) is 23.7 Å². The summed E-state index contributed by atoms with van der Waals surface area (Å²) in [4.78, 5) is 4.23. The van der Waals surface area contributed by atoms with E-state index in [9.17, 15) is 0 Å². The van der Waals surface area contributed by atoms with Crippen molar-refractivity contribution in [3.8, 4) is 0 Å². The van der Waals surface area contributed by atoms with Crippen LogP contribution in [0.2, 0.25) is 0 Å².